The minimum atomic E-state index is -3.70. The van der Waals surface area contributed by atoms with Gasteiger partial charge in [0.05, 0.1) is 11.9 Å². The van der Waals surface area contributed by atoms with Gasteiger partial charge in [-0.05, 0) is 17.7 Å². The molecule has 0 atom stereocenters. The molecule has 0 unspecified atom stereocenters. The highest BCUT2D eigenvalue weighted by molar-refractivity contribution is 7.90. The van der Waals surface area contributed by atoms with Crippen LogP contribution in [0.15, 0.2) is 29.3 Å². The Balaban J connectivity index is 1.90. The predicted molar refractivity (Wildman–Crippen MR) is 77.7 cm³/mol. The van der Waals surface area contributed by atoms with Gasteiger partial charge in [-0.2, -0.15) is 4.98 Å². The van der Waals surface area contributed by atoms with Gasteiger partial charge in [0.25, 0.3) is 0 Å². The van der Waals surface area contributed by atoms with E-state index in [-0.39, 0.29) is 29.2 Å². The third kappa shape index (κ3) is 2.61. The highest BCUT2D eigenvalue weighted by atomic mass is 32.2. The van der Waals surface area contributed by atoms with Crippen molar-refractivity contribution in [2.45, 2.75) is 10.6 Å². The number of anilines is 2. The monoisotopic (exact) mass is 323 g/mol. The maximum absolute atomic E-state index is 12.4. The van der Waals surface area contributed by atoms with Gasteiger partial charge in [-0.1, -0.05) is 6.07 Å². The lowest BCUT2D eigenvalue weighted by atomic mass is 10.2. The number of rotatable bonds is 4. The van der Waals surface area contributed by atoms with Crippen LogP contribution in [-0.2, 0) is 15.6 Å². The molecular weight excluding hydrogens is 310 g/mol. The molecule has 1 aromatic carbocycles. The van der Waals surface area contributed by atoms with Gasteiger partial charge in [0.2, 0.25) is 12.7 Å². The molecule has 1 aliphatic heterocycles. The first-order valence-corrected chi connectivity index (χ1v) is 7.85. The molecule has 0 saturated carbocycles. The van der Waals surface area contributed by atoms with E-state index in [2.05, 4.69) is 15.4 Å². The summed E-state index contributed by atoms with van der Waals surface area (Å²) in [5, 5.41) is 0. The lowest BCUT2D eigenvalue weighted by molar-refractivity contribution is 0.174. The van der Waals surface area contributed by atoms with Crippen molar-refractivity contribution >= 4 is 21.6 Å². The minimum Gasteiger partial charge on any atom is -0.454 e. The largest absolute Gasteiger partial charge is 0.454 e. The SMILES string of the molecule is NNc1ncc(S(=O)(=O)Cc2ccc3c(c2)OCO3)c(N)n1. The van der Waals surface area contributed by atoms with Crippen molar-refractivity contribution in [1.82, 2.24) is 9.97 Å². The van der Waals surface area contributed by atoms with Crippen molar-refractivity contribution < 1.29 is 17.9 Å². The number of hydrogen-bond donors (Lipinski definition) is 3. The summed E-state index contributed by atoms with van der Waals surface area (Å²) in [6.45, 7) is 0.125. The van der Waals surface area contributed by atoms with E-state index in [4.69, 9.17) is 21.1 Å². The fourth-order valence-corrected chi connectivity index (χ4v) is 3.37. The van der Waals surface area contributed by atoms with E-state index in [9.17, 15) is 8.42 Å². The molecule has 0 bridgehead atoms. The number of fused-ring (bicyclic) bond motifs is 1. The lowest BCUT2D eigenvalue weighted by Gasteiger charge is -2.08. The Morgan fingerprint density at radius 3 is 2.77 bits per heavy atom. The second kappa shape index (κ2) is 5.31. The van der Waals surface area contributed by atoms with E-state index in [0.717, 1.165) is 6.20 Å². The fraction of sp³-hybridized carbons (Fsp3) is 0.167. The summed E-state index contributed by atoms with van der Waals surface area (Å²) in [5.74, 6) is 5.87. The van der Waals surface area contributed by atoms with E-state index in [1.54, 1.807) is 18.2 Å². The Hall–Kier alpha value is -2.59. The van der Waals surface area contributed by atoms with E-state index < -0.39 is 9.84 Å². The second-order valence-corrected chi connectivity index (χ2v) is 6.49. The number of nitrogens with two attached hydrogens (primary N) is 2. The van der Waals surface area contributed by atoms with Gasteiger partial charge in [0, 0.05) is 0 Å². The van der Waals surface area contributed by atoms with Crippen LogP contribution in [0.3, 0.4) is 0 Å². The summed E-state index contributed by atoms with van der Waals surface area (Å²) in [6.07, 6.45) is 1.12. The number of benzene rings is 1. The predicted octanol–water partition coefficient (Wildman–Crippen LogP) is 0.0470. The maximum atomic E-state index is 12.4. The summed E-state index contributed by atoms with van der Waals surface area (Å²) in [4.78, 5) is 7.39. The zero-order valence-electron chi connectivity index (χ0n) is 11.3. The molecule has 5 N–H and O–H groups in total. The van der Waals surface area contributed by atoms with E-state index in [1.807, 2.05) is 0 Å². The van der Waals surface area contributed by atoms with Crippen molar-refractivity contribution in [1.29, 1.82) is 0 Å². The number of hydrogen-bond acceptors (Lipinski definition) is 9. The van der Waals surface area contributed by atoms with Crippen LogP contribution >= 0.6 is 0 Å². The molecule has 0 aliphatic carbocycles. The van der Waals surface area contributed by atoms with Gasteiger partial charge in [-0.25, -0.2) is 19.2 Å². The average molecular weight is 323 g/mol. The van der Waals surface area contributed by atoms with Gasteiger partial charge < -0.3 is 15.2 Å². The van der Waals surface area contributed by atoms with Crippen molar-refractivity contribution in [3.8, 4) is 11.5 Å². The summed E-state index contributed by atoms with van der Waals surface area (Å²) >= 11 is 0. The summed E-state index contributed by atoms with van der Waals surface area (Å²) in [5.41, 5.74) is 8.40. The molecule has 3 rings (SSSR count). The number of ether oxygens (including phenoxy) is 2. The summed E-state index contributed by atoms with van der Waals surface area (Å²) in [6, 6.07) is 4.93. The lowest BCUT2D eigenvalue weighted by Crippen LogP contribution is -2.15. The number of sulfone groups is 1. The van der Waals surface area contributed by atoms with Crippen LogP contribution in [0.25, 0.3) is 0 Å². The molecule has 1 aromatic heterocycles. The Labute approximate surface area is 126 Å². The smallest absolute Gasteiger partial charge is 0.239 e. The minimum absolute atomic E-state index is 0.0412. The highest BCUT2D eigenvalue weighted by Crippen LogP contribution is 2.33. The molecule has 22 heavy (non-hydrogen) atoms. The zero-order valence-corrected chi connectivity index (χ0v) is 12.1. The topological polar surface area (TPSA) is 142 Å². The van der Waals surface area contributed by atoms with Gasteiger partial charge in [-0.3, -0.25) is 5.43 Å². The molecular formula is C12H13N5O4S. The number of hydrazine groups is 1. The number of nitrogens with one attached hydrogen (secondary N) is 1. The molecule has 10 heteroatoms. The van der Waals surface area contributed by atoms with E-state index in [1.165, 1.54) is 0 Å². The molecule has 116 valence electrons. The first kappa shape index (κ1) is 14.4. The quantitative estimate of drug-likeness (QED) is 0.525. The first-order chi connectivity index (χ1) is 10.5. The molecule has 0 amide bonds. The van der Waals surface area contributed by atoms with Crippen LogP contribution in [0.5, 0.6) is 11.5 Å². The normalized spacial score (nSPS) is 13.1. The van der Waals surface area contributed by atoms with Crippen LogP contribution in [0, 0.1) is 0 Å². The standard InChI is InChI=1S/C12H13N5O4S/c13-11-10(4-15-12(16-11)17-14)22(18,19)5-7-1-2-8-9(3-7)21-6-20-8/h1-4H,5-6,14H2,(H3,13,15,16,17). The van der Waals surface area contributed by atoms with Gasteiger partial charge >= 0.3 is 0 Å². The van der Waals surface area contributed by atoms with Crippen LogP contribution in [-0.4, -0.2) is 25.2 Å². The van der Waals surface area contributed by atoms with E-state index in [0.29, 0.717) is 17.1 Å². The van der Waals surface area contributed by atoms with Crippen LogP contribution in [0.4, 0.5) is 11.8 Å². The third-order valence-corrected chi connectivity index (χ3v) is 4.74. The molecule has 0 radical (unpaired) electrons. The van der Waals surface area contributed by atoms with Gasteiger partial charge in [0.15, 0.2) is 21.3 Å². The maximum Gasteiger partial charge on any atom is 0.239 e. The van der Waals surface area contributed by atoms with Crippen molar-refractivity contribution in [3.05, 3.63) is 30.0 Å². The van der Waals surface area contributed by atoms with Gasteiger partial charge in [-0.15, -0.1) is 0 Å². The number of aromatic nitrogens is 2. The van der Waals surface area contributed by atoms with Gasteiger partial charge in [0.1, 0.15) is 10.7 Å². The van der Waals surface area contributed by atoms with Crippen molar-refractivity contribution in [2.24, 2.45) is 5.84 Å². The molecule has 0 saturated heterocycles. The Kier molecular flexibility index (Phi) is 3.47. The van der Waals surface area contributed by atoms with Crippen LogP contribution in [0.1, 0.15) is 5.56 Å². The Bertz CT molecular complexity index is 824. The fourth-order valence-electron chi connectivity index (χ4n) is 2.02. The molecule has 2 aromatic rings. The number of nitrogens with zero attached hydrogens (tertiary/aromatic N) is 2. The van der Waals surface area contributed by atoms with Crippen LogP contribution < -0.4 is 26.5 Å². The molecule has 0 spiro atoms. The summed E-state index contributed by atoms with van der Waals surface area (Å²) in [7, 11) is -3.70. The van der Waals surface area contributed by atoms with Crippen molar-refractivity contribution in [2.75, 3.05) is 18.0 Å². The highest BCUT2D eigenvalue weighted by Gasteiger charge is 2.22. The van der Waals surface area contributed by atoms with E-state index >= 15 is 0 Å². The summed E-state index contributed by atoms with van der Waals surface area (Å²) < 4.78 is 35.3. The average Bonchev–Trinajstić information content (AvgIpc) is 2.93. The molecule has 0 fully saturated rings. The van der Waals surface area contributed by atoms with Crippen LogP contribution in [0.2, 0.25) is 0 Å². The Morgan fingerprint density at radius 1 is 1.27 bits per heavy atom. The first-order valence-electron chi connectivity index (χ1n) is 6.20. The zero-order chi connectivity index (χ0) is 15.7. The molecule has 9 nitrogen and oxygen atoms in total. The van der Waals surface area contributed by atoms with Crippen molar-refractivity contribution in [3.63, 3.8) is 0 Å². The second-order valence-electron chi connectivity index (χ2n) is 4.53. The Morgan fingerprint density at radius 2 is 2.05 bits per heavy atom. The number of nitrogen functional groups attached to an aromatic ring is 2. The third-order valence-electron chi connectivity index (χ3n) is 3.04. The molecule has 2 heterocycles. The molecule has 1 aliphatic rings.